The molecule has 0 aliphatic carbocycles. The van der Waals surface area contributed by atoms with E-state index in [9.17, 15) is 4.39 Å². The first kappa shape index (κ1) is 13.8. The Kier molecular flexibility index (Phi) is 3.52. The van der Waals surface area contributed by atoms with Gasteiger partial charge in [0.1, 0.15) is 11.3 Å². The minimum absolute atomic E-state index is 0.379. The molecule has 4 nitrogen and oxygen atoms in total. The number of hydrogen-bond acceptors (Lipinski definition) is 3. The lowest BCUT2D eigenvalue weighted by atomic mass is 10.0. The maximum absolute atomic E-state index is 13.3. The van der Waals surface area contributed by atoms with Gasteiger partial charge in [0.05, 0.1) is 18.2 Å². The first-order chi connectivity index (χ1) is 10.1. The molecular formula is C15H11BrFN3O. The van der Waals surface area contributed by atoms with E-state index in [-0.39, 0.29) is 0 Å². The number of aryl methyl sites for hydroxylation is 1. The van der Waals surface area contributed by atoms with Crippen LogP contribution in [0.25, 0.3) is 10.9 Å². The summed E-state index contributed by atoms with van der Waals surface area (Å²) in [6, 6.07) is 9.23. The molecule has 0 atom stereocenters. The Balaban J connectivity index is 2.16. The maximum atomic E-state index is 13.3. The lowest BCUT2D eigenvalue weighted by Crippen LogP contribution is -2.00. The number of nitriles is 1. The smallest absolute Gasteiger partial charge is 0.157 e. The van der Waals surface area contributed by atoms with Crippen molar-refractivity contribution < 1.29 is 8.91 Å². The highest BCUT2D eigenvalue weighted by atomic mass is 79.9. The summed E-state index contributed by atoms with van der Waals surface area (Å²) in [4.78, 5) is 0. The molecule has 3 aromatic rings. The number of fused-ring (bicyclic) bond motifs is 1. The molecule has 0 fully saturated rings. The van der Waals surface area contributed by atoms with Gasteiger partial charge in [0.15, 0.2) is 5.76 Å². The summed E-state index contributed by atoms with van der Waals surface area (Å²) in [5, 5.41) is 13.6. The summed E-state index contributed by atoms with van der Waals surface area (Å²) in [5.74, 6) is 0.702. The number of rotatable bonds is 3. The maximum Gasteiger partial charge on any atom is 0.157 e. The zero-order valence-electron chi connectivity index (χ0n) is 11.2. The van der Waals surface area contributed by atoms with E-state index < -0.39 is 6.67 Å². The van der Waals surface area contributed by atoms with Gasteiger partial charge in [-0.25, -0.2) is 4.39 Å². The van der Waals surface area contributed by atoms with Crippen LogP contribution >= 0.6 is 15.9 Å². The average Bonchev–Trinajstić information content (AvgIpc) is 3.02. The molecule has 3 rings (SSSR count). The molecule has 0 amide bonds. The molecule has 0 saturated heterocycles. The van der Waals surface area contributed by atoms with Crippen LogP contribution in [0.5, 0.6) is 0 Å². The largest absolute Gasteiger partial charge is 0.358 e. The standard InChI is InChI=1S/C15H11BrFN3O/c1-9-4-12-13(6-17)10(7-18)2-3-14(12)20(9)8-11-5-15(16)19-21-11/h2-5H,6,8H2,1H3. The molecular weight excluding hydrogens is 337 g/mol. The Labute approximate surface area is 128 Å². The van der Waals surface area contributed by atoms with E-state index in [0.717, 1.165) is 16.6 Å². The normalized spacial score (nSPS) is 11.0. The van der Waals surface area contributed by atoms with Gasteiger partial charge in [-0.1, -0.05) is 5.16 Å². The second-order valence-corrected chi connectivity index (χ2v) is 5.57. The summed E-state index contributed by atoms with van der Waals surface area (Å²) >= 11 is 3.25. The number of halogens is 2. The van der Waals surface area contributed by atoms with E-state index in [1.807, 2.05) is 29.7 Å². The first-order valence-corrected chi connectivity index (χ1v) is 7.12. The molecule has 0 saturated carbocycles. The molecule has 0 bridgehead atoms. The number of alkyl halides is 1. The van der Waals surface area contributed by atoms with E-state index in [2.05, 4.69) is 21.1 Å². The lowest BCUT2D eigenvalue weighted by Gasteiger charge is -2.07. The quantitative estimate of drug-likeness (QED) is 0.716. The predicted molar refractivity (Wildman–Crippen MR) is 79.5 cm³/mol. The van der Waals surface area contributed by atoms with Crippen molar-refractivity contribution in [3.8, 4) is 6.07 Å². The molecule has 2 aromatic heterocycles. The first-order valence-electron chi connectivity index (χ1n) is 6.33. The van der Waals surface area contributed by atoms with Gasteiger partial charge in [-0.15, -0.1) is 0 Å². The van der Waals surface area contributed by atoms with Crippen LogP contribution in [0.1, 0.15) is 22.6 Å². The summed E-state index contributed by atoms with van der Waals surface area (Å²) in [7, 11) is 0. The highest BCUT2D eigenvalue weighted by Gasteiger charge is 2.14. The van der Waals surface area contributed by atoms with Crippen molar-refractivity contribution in [2.75, 3.05) is 0 Å². The Hall–Kier alpha value is -2.13. The van der Waals surface area contributed by atoms with Gasteiger partial charge in [-0.3, -0.25) is 0 Å². The van der Waals surface area contributed by atoms with Crippen molar-refractivity contribution in [2.45, 2.75) is 20.1 Å². The zero-order valence-corrected chi connectivity index (χ0v) is 12.8. The molecule has 2 heterocycles. The molecule has 0 spiro atoms. The molecule has 0 radical (unpaired) electrons. The number of aromatic nitrogens is 2. The fourth-order valence-corrected chi connectivity index (χ4v) is 2.83. The zero-order chi connectivity index (χ0) is 15.0. The lowest BCUT2D eigenvalue weighted by molar-refractivity contribution is 0.374. The van der Waals surface area contributed by atoms with Crippen LogP contribution in [0.4, 0.5) is 4.39 Å². The minimum atomic E-state index is -0.655. The Bertz CT molecular complexity index is 860. The third-order valence-electron chi connectivity index (χ3n) is 3.50. The highest BCUT2D eigenvalue weighted by molar-refractivity contribution is 9.10. The number of benzene rings is 1. The van der Waals surface area contributed by atoms with Crippen LogP contribution in [0, 0.1) is 18.3 Å². The van der Waals surface area contributed by atoms with E-state index >= 15 is 0 Å². The van der Waals surface area contributed by atoms with Gasteiger partial charge in [0.25, 0.3) is 0 Å². The predicted octanol–water partition coefficient (Wildman–Crippen LogP) is 4.09. The van der Waals surface area contributed by atoms with Gasteiger partial charge in [0.2, 0.25) is 0 Å². The summed E-state index contributed by atoms with van der Waals surface area (Å²) in [6.07, 6.45) is 0. The van der Waals surface area contributed by atoms with E-state index in [0.29, 0.717) is 28.0 Å². The van der Waals surface area contributed by atoms with E-state index in [1.54, 1.807) is 12.1 Å². The second-order valence-electron chi connectivity index (χ2n) is 4.76. The summed E-state index contributed by atoms with van der Waals surface area (Å²) in [6.45, 7) is 1.79. The average molecular weight is 348 g/mol. The van der Waals surface area contributed by atoms with Crippen LogP contribution in [0.15, 0.2) is 33.4 Å². The molecule has 106 valence electrons. The minimum Gasteiger partial charge on any atom is -0.358 e. The fraction of sp³-hybridized carbons (Fsp3) is 0.200. The van der Waals surface area contributed by atoms with Crippen molar-refractivity contribution in [1.82, 2.24) is 9.72 Å². The van der Waals surface area contributed by atoms with Crippen molar-refractivity contribution in [3.05, 3.63) is 51.4 Å². The third-order valence-corrected chi connectivity index (χ3v) is 3.88. The van der Waals surface area contributed by atoms with E-state index in [4.69, 9.17) is 9.78 Å². The van der Waals surface area contributed by atoms with Crippen LogP contribution in [-0.2, 0) is 13.2 Å². The molecule has 1 aromatic carbocycles. The molecule has 0 aliphatic heterocycles. The van der Waals surface area contributed by atoms with Gasteiger partial charge >= 0.3 is 0 Å². The van der Waals surface area contributed by atoms with E-state index in [1.165, 1.54) is 0 Å². The Morgan fingerprint density at radius 2 is 2.24 bits per heavy atom. The molecule has 6 heteroatoms. The van der Waals surface area contributed by atoms with Crippen molar-refractivity contribution in [2.24, 2.45) is 0 Å². The van der Waals surface area contributed by atoms with Crippen molar-refractivity contribution >= 4 is 26.8 Å². The molecule has 21 heavy (non-hydrogen) atoms. The summed E-state index contributed by atoms with van der Waals surface area (Å²) < 4.78 is 21.1. The van der Waals surface area contributed by atoms with Crippen molar-refractivity contribution in [1.29, 1.82) is 5.26 Å². The number of nitrogens with zero attached hydrogens (tertiary/aromatic N) is 3. The monoisotopic (exact) mass is 347 g/mol. The SMILES string of the molecule is Cc1cc2c(CF)c(C#N)ccc2n1Cc1cc(Br)no1. The van der Waals surface area contributed by atoms with Crippen LogP contribution in [0.3, 0.4) is 0 Å². The van der Waals surface area contributed by atoms with Gasteiger partial charge in [-0.05, 0) is 41.1 Å². The molecule has 0 N–H and O–H groups in total. The molecule has 0 aliphatic rings. The number of hydrogen-bond donors (Lipinski definition) is 0. The Morgan fingerprint density at radius 3 is 2.86 bits per heavy atom. The van der Waals surface area contributed by atoms with Gasteiger partial charge in [0, 0.05) is 28.2 Å². The van der Waals surface area contributed by atoms with Gasteiger partial charge in [-0.2, -0.15) is 5.26 Å². The third kappa shape index (κ3) is 2.34. The van der Waals surface area contributed by atoms with Crippen LogP contribution < -0.4 is 0 Å². The van der Waals surface area contributed by atoms with Crippen molar-refractivity contribution in [3.63, 3.8) is 0 Å². The molecule has 0 unspecified atom stereocenters. The topological polar surface area (TPSA) is 54.8 Å². The Morgan fingerprint density at radius 1 is 1.43 bits per heavy atom. The highest BCUT2D eigenvalue weighted by Crippen LogP contribution is 2.27. The fourth-order valence-electron chi connectivity index (χ4n) is 2.50. The summed E-state index contributed by atoms with van der Waals surface area (Å²) in [5.41, 5.74) is 2.68. The second kappa shape index (κ2) is 5.34. The van der Waals surface area contributed by atoms with Crippen LogP contribution in [0.2, 0.25) is 0 Å². The van der Waals surface area contributed by atoms with Crippen LogP contribution in [-0.4, -0.2) is 9.72 Å². The van der Waals surface area contributed by atoms with Gasteiger partial charge < -0.3 is 9.09 Å².